The summed E-state index contributed by atoms with van der Waals surface area (Å²) in [6.07, 6.45) is 1.56. The number of carbonyl (C=O) groups excluding carboxylic acids is 1. The average molecular weight is 613 g/mol. The Kier molecular flexibility index (Phi) is 9.99. The third kappa shape index (κ3) is 6.64. The van der Waals surface area contributed by atoms with Gasteiger partial charge < -0.3 is 23.5 Å². The van der Waals surface area contributed by atoms with Crippen LogP contribution in [0, 0.1) is 0 Å². The monoisotopic (exact) mass is 612 g/mol. The van der Waals surface area contributed by atoms with E-state index in [2.05, 4.69) is 24.0 Å². The summed E-state index contributed by atoms with van der Waals surface area (Å²) in [7, 11) is 3.24. The van der Waals surface area contributed by atoms with Crippen molar-refractivity contribution in [3.05, 3.63) is 106 Å². The van der Waals surface area contributed by atoms with Gasteiger partial charge in [-0.25, -0.2) is 4.79 Å². The van der Waals surface area contributed by atoms with Gasteiger partial charge in [0.05, 0.1) is 38.1 Å². The molecule has 228 valence electrons. The van der Waals surface area contributed by atoms with Crippen LogP contribution in [0.1, 0.15) is 31.4 Å². The number of rotatable bonds is 12. The molecule has 3 aromatic carbocycles. The number of aromatic nitrogens is 1. The Morgan fingerprint density at radius 1 is 0.864 bits per heavy atom. The van der Waals surface area contributed by atoms with Gasteiger partial charge in [0.15, 0.2) is 5.75 Å². The minimum absolute atomic E-state index is 0.118. The molecule has 0 amide bonds. The fraction of sp³-hybridized carbons (Fsp3) is 0.257. The number of pyridine rings is 1. The maximum atomic E-state index is 14.3. The standard InChI is InChI=1S/C35H36N2O6S/c1-5-20-36(21-24-12-8-7-9-13-24)22-27-31-32(38)30(43-35(39)42-6-2)23-37(28-14-10-11-15-29(28)41-4)34(31)44-33(27)25-16-18-26(40-3)19-17-25/h7-19,23H,5-6,20-22H2,1-4H3. The Balaban J connectivity index is 1.78. The van der Waals surface area contributed by atoms with Crippen molar-refractivity contribution < 1.29 is 23.7 Å². The van der Waals surface area contributed by atoms with Crippen LogP contribution in [0.5, 0.6) is 17.2 Å². The zero-order valence-electron chi connectivity index (χ0n) is 25.4. The first kappa shape index (κ1) is 30.8. The molecule has 2 aromatic heterocycles. The van der Waals surface area contributed by atoms with Crippen molar-refractivity contribution >= 4 is 27.7 Å². The minimum Gasteiger partial charge on any atom is -0.497 e. The van der Waals surface area contributed by atoms with Crippen LogP contribution in [0.25, 0.3) is 26.3 Å². The van der Waals surface area contributed by atoms with Crippen molar-refractivity contribution in [1.29, 1.82) is 0 Å². The average Bonchev–Trinajstić information content (AvgIpc) is 3.42. The molecule has 5 aromatic rings. The third-order valence-electron chi connectivity index (χ3n) is 7.23. The van der Waals surface area contributed by atoms with Crippen molar-refractivity contribution in [1.82, 2.24) is 9.47 Å². The summed E-state index contributed by atoms with van der Waals surface area (Å²) < 4.78 is 23.5. The summed E-state index contributed by atoms with van der Waals surface area (Å²) in [6.45, 7) is 6.01. The van der Waals surface area contributed by atoms with Gasteiger partial charge in [0, 0.05) is 18.0 Å². The lowest BCUT2D eigenvalue weighted by atomic mass is 10.0. The van der Waals surface area contributed by atoms with Crippen LogP contribution in [-0.2, 0) is 17.8 Å². The van der Waals surface area contributed by atoms with Crippen LogP contribution in [0.15, 0.2) is 89.9 Å². The molecule has 0 aliphatic heterocycles. The second-order valence-electron chi connectivity index (χ2n) is 10.2. The highest BCUT2D eigenvalue weighted by Crippen LogP contribution is 2.41. The van der Waals surface area contributed by atoms with Gasteiger partial charge in [-0.15, -0.1) is 11.3 Å². The van der Waals surface area contributed by atoms with E-state index in [1.807, 2.05) is 71.3 Å². The highest BCUT2D eigenvalue weighted by molar-refractivity contribution is 7.22. The van der Waals surface area contributed by atoms with Gasteiger partial charge in [-0.2, -0.15) is 0 Å². The Morgan fingerprint density at radius 3 is 2.27 bits per heavy atom. The normalized spacial score (nSPS) is 11.1. The van der Waals surface area contributed by atoms with Crippen molar-refractivity contribution in [2.45, 2.75) is 33.4 Å². The number of para-hydroxylation sites is 2. The molecular formula is C35H36N2O6S. The molecule has 0 atom stereocenters. The van der Waals surface area contributed by atoms with Crippen LogP contribution in [0.2, 0.25) is 0 Å². The van der Waals surface area contributed by atoms with Crippen molar-refractivity contribution in [3.8, 4) is 33.4 Å². The Labute approximate surface area is 261 Å². The highest BCUT2D eigenvalue weighted by Gasteiger charge is 2.25. The first-order valence-electron chi connectivity index (χ1n) is 14.6. The first-order chi connectivity index (χ1) is 21.5. The van der Waals surface area contributed by atoms with Crippen molar-refractivity contribution in [2.24, 2.45) is 0 Å². The quantitative estimate of drug-likeness (QED) is 0.134. The zero-order valence-corrected chi connectivity index (χ0v) is 26.2. The number of thiophene rings is 1. The minimum atomic E-state index is -0.931. The molecule has 0 aliphatic rings. The Morgan fingerprint density at radius 2 is 1.59 bits per heavy atom. The maximum absolute atomic E-state index is 14.3. The van der Waals surface area contributed by atoms with Gasteiger partial charge in [0.25, 0.3) is 0 Å². The van der Waals surface area contributed by atoms with E-state index in [9.17, 15) is 9.59 Å². The van der Waals surface area contributed by atoms with Crippen LogP contribution in [-0.4, -0.2) is 43.0 Å². The van der Waals surface area contributed by atoms with Gasteiger partial charge in [-0.1, -0.05) is 49.4 Å². The molecule has 0 aliphatic carbocycles. The summed E-state index contributed by atoms with van der Waals surface area (Å²) in [5, 5.41) is 0.489. The lowest BCUT2D eigenvalue weighted by molar-refractivity contribution is 0.104. The summed E-state index contributed by atoms with van der Waals surface area (Å²) in [5.41, 5.74) is 3.34. The molecule has 0 saturated carbocycles. The topological polar surface area (TPSA) is 79.2 Å². The van der Waals surface area contributed by atoms with E-state index in [0.29, 0.717) is 34.7 Å². The second kappa shape index (κ2) is 14.2. The van der Waals surface area contributed by atoms with Gasteiger partial charge in [-0.05, 0) is 73.0 Å². The molecule has 9 heteroatoms. The predicted molar refractivity (Wildman–Crippen MR) is 174 cm³/mol. The first-order valence-corrected chi connectivity index (χ1v) is 15.4. The fourth-order valence-corrected chi connectivity index (χ4v) is 6.56. The SMILES string of the molecule is CCCN(Cc1ccccc1)Cc1c(-c2ccc(OC)cc2)sc2c1c(=O)c(OC(=O)OCC)cn2-c1ccccc1OC. The highest BCUT2D eigenvalue weighted by atomic mass is 32.1. The summed E-state index contributed by atoms with van der Waals surface area (Å²) in [4.78, 5) is 30.7. The Hall–Kier alpha value is -4.60. The second-order valence-corrected chi connectivity index (χ2v) is 11.2. The van der Waals surface area contributed by atoms with Crippen LogP contribution >= 0.6 is 11.3 Å². The third-order valence-corrected chi connectivity index (χ3v) is 8.51. The molecule has 44 heavy (non-hydrogen) atoms. The Bertz CT molecular complexity index is 1780. The molecule has 0 radical (unpaired) electrons. The van der Waals surface area contributed by atoms with E-state index in [0.717, 1.165) is 34.7 Å². The van der Waals surface area contributed by atoms with E-state index in [1.54, 1.807) is 27.3 Å². The predicted octanol–water partition coefficient (Wildman–Crippen LogP) is 7.68. The van der Waals surface area contributed by atoms with E-state index in [1.165, 1.54) is 16.9 Å². The lowest BCUT2D eigenvalue weighted by Gasteiger charge is -2.22. The van der Waals surface area contributed by atoms with Gasteiger partial charge >= 0.3 is 6.16 Å². The number of benzene rings is 3. The van der Waals surface area contributed by atoms with Crippen LogP contribution in [0.4, 0.5) is 4.79 Å². The number of hydrogen-bond acceptors (Lipinski definition) is 8. The summed E-state index contributed by atoms with van der Waals surface area (Å²) in [5.74, 6) is 1.23. The van der Waals surface area contributed by atoms with Crippen molar-refractivity contribution in [3.63, 3.8) is 0 Å². The molecule has 8 nitrogen and oxygen atoms in total. The molecular weight excluding hydrogens is 576 g/mol. The maximum Gasteiger partial charge on any atom is 0.514 e. The van der Waals surface area contributed by atoms with E-state index in [-0.39, 0.29) is 17.8 Å². The molecule has 5 rings (SSSR count). The number of fused-ring (bicyclic) bond motifs is 1. The number of hydrogen-bond donors (Lipinski definition) is 0. The van der Waals surface area contributed by atoms with E-state index < -0.39 is 6.16 Å². The zero-order chi connectivity index (χ0) is 31.1. The van der Waals surface area contributed by atoms with Crippen LogP contribution in [0.3, 0.4) is 0 Å². The van der Waals surface area contributed by atoms with E-state index in [4.69, 9.17) is 18.9 Å². The molecule has 0 fully saturated rings. The summed E-state index contributed by atoms with van der Waals surface area (Å²) >= 11 is 1.52. The number of carbonyl (C=O) groups is 1. The molecule has 2 heterocycles. The molecule has 0 unspecified atom stereocenters. The van der Waals surface area contributed by atoms with E-state index >= 15 is 0 Å². The van der Waals surface area contributed by atoms with Crippen molar-refractivity contribution in [2.75, 3.05) is 27.4 Å². The van der Waals surface area contributed by atoms with Gasteiger partial charge in [0.2, 0.25) is 5.43 Å². The number of nitrogens with zero attached hydrogens (tertiary/aromatic N) is 2. The fourth-order valence-electron chi connectivity index (χ4n) is 5.25. The molecule has 0 saturated heterocycles. The van der Waals surface area contributed by atoms with Crippen LogP contribution < -0.4 is 19.6 Å². The lowest BCUT2D eigenvalue weighted by Crippen LogP contribution is -2.25. The molecule has 0 bridgehead atoms. The number of ether oxygens (including phenoxy) is 4. The largest absolute Gasteiger partial charge is 0.514 e. The summed E-state index contributed by atoms with van der Waals surface area (Å²) in [6, 6.07) is 25.7. The number of methoxy groups -OCH3 is 2. The van der Waals surface area contributed by atoms with Gasteiger partial charge in [0.1, 0.15) is 16.3 Å². The molecule has 0 N–H and O–H groups in total. The molecule has 0 spiro atoms. The van der Waals surface area contributed by atoms with Gasteiger partial charge in [-0.3, -0.25) is 9.69 Å². The smallest absolute Gasteiger partial charge is 0.497 e.